The Morgan fingerprint density at radius 3 is 1.27 bits per heavy atom. The van der Waals surface area contributed by atoms with Gasteiger partial charge < -0.3 is 18.9 Å². The van der Waals surface area contributed by atoms with Gasteiger partial charge in [-0.05, 0) is 38.8 Å². The van der Waals surface area contributed by atoms with Crippen LogP contribution in [0, 0.1) is 0 Å². The van der Waals surface area contributed by atoms with Crippen LogP contribution in [-0.4, -0.2) is 59.1 Å². The summed E-state index contributed by atoms with van der Waals surface area (Å²) in [6.45, 7) is 13.3. The highest BCUT2D eigenvalue weighted by molar-refractivity contribution is 5.25. The molecule has 4 atom stereocenters. The third-order valence-electron chi connectivity index (χ3n) is 6.21. The minimum absolute atomic E-state index is 0.196. The maximum atomic E-state index is 5.70. The Bertz CT molecular complexity index is 627. The zero-order valence-corrected chi connectivity index (χ0v) is 16.1. The van der Waals surface area contributed by atoms with Crippen LogP contribution in [0.2, 0.25) is 0 Å². The normalized spacial score (nSPS) is 43.0. The van der Waals surface area contributed by atoms with E-state index in [1.165, 1.54) is 11.1 Å². The van der Waals surface area contributed by atoms with Crippen molar-refractivity contribution in [1.82, 2.24) is 9.80 Å². The predicted molar refractivity (Wildman–Crippen MR) is 95.0 cm³/mol. The molecule has 4 heterocycles. The van der Waals surface area contributed by atoms with Gasteiger partial charge in [0.25, 0.3) is 0 Å². The summed E-state index contributed by atoms with van der Waals surface area (Å²) in [6.07, 6.45) is 0. The van der Waals surface area contributed by atoms with E-state index in [0.717, 1.165) is 39.5 Å². The van der Waals surface area contributed by atoms with Gasteiger partial charge in [0.15, 0.2) is 0 Å². The Kier molecular flexibility index (Phi) is 3.47. The van der Waals surface area contributed by atoms with Crippen molar-refractivity contribution in [2.75, 3.05) is 26.4 Å². The van der Waals surface area contributed by atoms with Crippen LogP contribution in [-0.2, 0) is 32.0 Å². The quantitative estimate of drug-likeness (QED) is 0.663. The number of nitrogens with zero attached hydrogens (tertiary/aromatic N) is 2. The molecule has 0 radical (unpaired) electrons. The molecule has 4 aliphatic heterocycles. The van der Waals surface area contributed by atoms with E-state index in [0.29, 0.717) is 0 Å². The molecular weight excluding hydrogens is 332 g/mol. The fourth-order valence-electron chi connectivity index (χ4n) is 3.90. The van der Waals surface area contributed by atoms with Crippen LogP contribution in [0.3, 0.4) is 0 Å². The highest BCUT2D eigenvalue weighted by Gasteiger charge is 2.59. The van der Waals surface area contributed by atoms with Crippen molar-refractivity contribution in [1.29, 1.82) is 0 Å². The lowest BCUT2D eigenvalue weighted by molar-refractivity contribution is -0.0141. The molecule has 0 aliphatic carbocycles. The smallest absolute Gasteiger partial charge is 0.145 e. The fraction of sp³-hybridized carbons (Fsp3) is 0.700. The summed E-state index contributed by atoms with van der Waals surface area (Å²) >= 11 is 0. The number of epoxide rings is 4. The Morgan fingerprint density at radius 2 is 1.00 bits per heavy atom. The van der Waals surface area contributed by atoms with E-state index in [9.17, 15) is 0 Å². The molecule has 1 aromatic rings. The monoisotopic (exact) mass is 360 g/mol. The molecule has 4 unspecified atom stereocenters. The predicted octanol–water partition coefficient (Wildman–Crippen LogP) is 2.28. The van der Waals surface area contributed by atoms with Crippen molar-refractivity contribution in [2.24, 2.45) is 0 Å². The van der Waals surface area contributed by atoms with Crippen molar-refractivity contribution < 1.29 is 18.9 Å². The van der Waals surface area contributed by atoms with Crippen LogP contribution in [0.5, 0.6) is 0 Å². The molecule has 0 bridgehead atoms. The van der Waals surface area contributed by atoms with Gasteiger partial charge in [-0.2, -0.15) is 0 Å². The zero-order chi connectivity index (χ0) is 18.2. The highest BCUT2D eigenvalue weighted by Crippen LogP contribution is 2.45. The second-order valence-electron chi connectivity index (χ2n) is 8.85. The first-order valence-corrected chi connectivity index (χ1v) is 9.44. The number of hydrogen-bond acceptors (Lipinski definition) is 6. The lowest BCUT2D eigenvalue weighted by Gasteiger charge is -2.31. The number of hydrogen-bond donors (Lipinski definition) is 0. The molecule has 4 fully saturated rings. The molecule has 4 saturated heterocycles. The molecule has 0 amide bonds. The van der Waals surface area contributed by atoms with Gasteiger partial charge in [0.1, 0.15) is 22.9 Å². The topological polar surface area (TPSA) is 56.6 Å². The van der Waals surface area contributed by atoms with Crippen LogP contribution in [0.4, 0.5) is 0 Å². The van der Waals surface area contributed by atoms with Gasteiger partial charge >= 0.3 is 0 Å². The van der Waals surface area contributed by atoms with Gasteiger partial charge in [0.2, 0.25) is 0 Å². The van der Waals surface area contributed by atoms with Crippen molar-refractivity contribution in [3.05, 3.63) is 35.4 Å². The first-order chi connectivity index (χ1) is 12.2. The van der Waals surface area contributed by atoms with Gasteiger partial charge in [-0.1, -0.05) is 24.3 Å². The van der Waals surface area contributed by atoms with Crippen LogP contribution in [0.15, 0.2) is 24.3 Å². The van der Waals surface area contributed by atoms with E-state index >= 15 is 0 Å². The van der Waals surface area contributed by atoms with Gasteiger partial charge in [-0.25, -0.2) is 9.80 Å². The molecule has 0 saturated carbocycles. The average Bonchev–Trinajstić information content (AvgIpc) is 3.38. The van der Waals surface area contributed by atoms with Crippen LogP contribution >= 0.6 is 0 Å². The first kappa shape index (κ1) is 17.1. The summed E-state index contributed by atoms with van der Waals surface area (Å²) in [5, 5.41) is 0. The van der Waals surface area contributed by atoms with E-state index in [-0.39, 0.29) is 22.9 Å². The Labute approximate surface area is 154 Å². The SMILES string of the molecule is CC1(N(Cc2cccc(CN(C3(C)CO3)C3(C)CO3)c2)C2(C)CO2)CO1. The summed E-state index contributed by atoms with van der Waals surface area (Å²) in [5.74, 6) is 0. The first-order valence-electron chi connectivity index (χ1n) is 9.44. The van der Waals surface area contributed by atoms with E-state index in [1.54, 1.807) is 0 Å². The number of rotatable bonds is 8. The molecule has 4 aliphatic rings. The number of benzene rings is 1. The minimum atomic E-state index is -0.196. The molecule has 6 heteroatoms. The summed E-state index contributed by atoms with van der Waals surface area (Å²) in [5.41, 5.74) is 1.77. The Morgan fingerprint density at radius 1 is 0.692 bits per heavy atom. The van der Waals surface area contributed by atoms with E-state index in [1.807, 2.05) is 0 Å². The maximum absolute atomic E-state index is 5.70. The molecule has 142 valence electrons. The third kappa shape index (κ3) is 2.99. The molecule has 5 rings (SSSR count). The summed E-state index contributed by atoms with van der Waals surface area (Å²) in [7, 11) is 0. The molecule has 0 spiro atoms. The van der Waals surface area contributed by atoms with Crippen LogP contribution in [0.25, 0.3) is 0 Å². The Balaban J connectivity index is 1.34. The van der Waals surface area contributed by atoms with E-state index in [4.69, 9.17) is 18.9 Å². The summed E-state index contributed by atoms with van der Waals surface area (Å²) in [6, 6.07) is 8.79. The van der Waals surface area contributed by atoms with Gasteiger partial charge in [-0.15, -0.1) is 0 Å². The molecule has 1 aromatic carbocycles. The van der Waals surface area contributed by atoms with Gasteiger partial charge in [0.05, 0.1) is 26.4 Å². The largest absolute Gasteiger partial charge is 0.354 e. The highest BCUT2D eigenvalue weighted by atomic mass is 16.7. The summed E-state index contributed by atoms with van der Waals surface area (Å²) in [4.78, 5) is 4.68. The maximum Gasteiger partial charge on any atom is 0.145 e. The molecule has 0 aromatic heterocycles. The molecule has 6 nitrogen and oxygen atoms in total. The molecular formula is C20H28N2O4. The summed E-state index contributed by atoms with van der Waals surface area (Å²) < 4.78 is 22.8. The van der Waals surface area contributed by atoms with Crippen molar-refractivity contribution in [3.63, 3.8) is 0 Å². The van der Waals surface area contributed by atoms with E-state index < -0.39 is 0 Å². The Hall–Kier alpha value is -1.02. The second kappa shape index (κ2) is 5.28. The van der Waals surface area contributed by atoms with Crippen LogP contribution < -0.4 is 0 Å². The molecule has 0 N–H and O–H groups in total. The van der Waals surface area contributed by atoms with Crippen LogP contribution in [0.1, 0.15) is 38.8 Å². The van der Waals surface area contributed by atoms with Crippen molar-refractivity contribution in [2.45, 2.75) is 63.7 Å². The second-order valence-corrected chi connectivity index (χ2v) is 8.85. The lowest BCUT2D eigenvalue weighted by atomic mass is 10.1. The average molecular weight is 360 g/mol. The fourth-order valence-corrected chi connectivity index (χ4v) is 3.90. The van der Waals surface area contributed by atoms with Gasteiger partial charge in [0, 0.05) is 13.1 Å². The third-order valence-corrected chi connectivity index (χ3v) is 6.21. The molecule has 26 heavy (non-hydrogen) atoms. The minimum Gasteiger partial charge on any atom is -0.354 e. The van der Waals surface area contributed by atoms with Gasteiger partial charge in [-0.3, -0.25) is 0 Å². The van der Waals surface area contributed by atoms with Crippen molar-refractivity contribution in [3.8, 4) is 0 Å². The lowest BCUT2D eigenvalue weighted by Crippen LogP contribution is -2.45. The number of ether oxygens (including phenoxy) is 4. The standard InChI is InChI=1S/C20H28N2O4/c1-17(11-23-17)21(18(2)12-24-18)9-15-6-5-7-16(8-15)10-22(19(3)13-25-19)20(4)14-26-20/h5-8H,9-14H2,1-4H3. The van der Waals surface area contributed by atoms with E-state index in [2.05, 4.69) is 61.8 Å². The van der Waals surface area contributed by atoms with Crippen molar-refractivity contribution >= 4 is 0 Å². The zero-order valence-electron chi connectivity index (χ0n) is 16.1.